The van der Waals surface area contributed by atoms with Gasteiger partial charge in [-0.1, -0.05) is 79.4 Å². The summed E-state index contributed by atoms with van der Waals surface area (Å²) in [6.07, 6.45) is 12.4. The normalized spacial score (nSPS) is 36.9. The second-order valence-corrected chi connectivity index (χ2v) is 22.8. The van der Waals surface area contributed by atoms with Crippen LogP contribution in [0.2, 0.25) is 18.1 Å². The minimum Gasteiger partial charge on any atom is -0.414 e. The fraction of sp³-hybridized carbons (Fsp3) is 0.879. The van der Waals surface area contributed by atoms with Crippen LogP contribution in [0, 0.1) is 29.1 Å². The molecule has 39 heavy (non-hydrogen) atoms. The van der Waals surface area contributed by atoms with Crippen molar-refractivity contribution in [2.75, 3.05) is 5.75 Å². The molecule has 2 saturated carbocycles. The standard InChI is InChI=1S/C33H58O4SSi/c1-22(2)12-10-13-23(3)28-15-16-29-24(14-11-17-33(28,29)7)18-31-26-19-25(37-39(8,9)32(4,5)6)20-30(34)27(26)21-38(31,35)36/h18,22-23,25,28-31,34H,10-17,19-21H2,1-9H3/b24-18+/t23-,25-,28-,29+,30-,31-,33-/m1/s1. The Balaban J connectivity index is 1.56. The maximum atomic E-state index is 13.6. The van der Waals surface area contributed by atoms with Crippen LogP contribution in [0.15, 0.2) is 22.8 Å². The average molecular weight is 579 g/mol. The lowest BCUT2D eigenvalue weighted by molar-refractivity contribution is 0.0916. The minimum atomic E-state index is -3.35. The highest BCUT2D eigenvalue weighted by Crippen LogP contribution is 2.60. The highest BCUT2D eigenvalue weighted by atomic mass is 32.2. The summed E-state index contributed by atoms with van der Waals surface area (Å²) >= 11 is 0. The summed E-state index contributed by atoms with van der Waals surface area (Å²) in [5, 5.41) is 10.6. The molecular formula is C33H58O4SSi. The molecule has 4 rings (SSSR count). The fourth-order valence-corrected chi connectivity index (χ4v) is 11.8. The third-order valence-electron chi connectivity index (χ3n) is 11.6. The van der Waals surface area contributed by atoms with Crippen molar-refractivity contribution in [3.8, 4) is 0 Å². The van der Waals surface area contributed by atoms with Gasteiger partial charge in [0.15, 0.2) is 18.2 Å². The second kappa shape index (κ2) is 11.3. The van der Waals surface area contributed by atoms with Crippen LogP contribution in [-0.2, 0) is 14.3 Å². The van der Waals surface area contributed by atoms with Gasteiger partial charge in [-0.2, -0.15) is 0 Å². The molecule has 1 N–H and O–H groups in total. The van der Waals surface area contributed by atoms with Crippen LogP contribution in [0.1, 0.15) is 113 Å². The molecule has 4 nitrogen and oxygen atoms in total. The molecule has 1 aliphatic heterocycles. The number of aliphatic hydroxyl groups excluding tert-OH is 1. The van der Waals surface area contributed by atoms with E-state index < -0.39 is 29.5 Å². The molecule has 3 aliphatic carbocycles. The lowest BCUT2D eigenvalue weighted by Gasteiger charge is -2.45. The Morgan fingerprint density at radius 1 is 1.13 bits per heavy atom. The van der Waals surface area contributed by atoms with E-state index in [1.54, 1.807) is 0 Å². The predicted molar refractivity (Wildman–Crippen MR) is 166 cm³/mol. The zero-order valence-electron chi connectivity index (χ0n) is 26.5. The molecule has 0 saturated heterocycles. The molecule has 0 unspecified atom stereocenters. The van der Waals surface area contributed by atoms with Gasteiger partial charge in [0, 0.05) is 6.42 Å². The smallest absolute Gasteiger partial charge is 0.192 e. The van der Waals surface area contributed by atoms with Crippen molar-refractivity contribution < 1.29 is 18.0 Å². The van der Waals surface area contributed by atoms with E-state index in [2.05, 4.69) is 67.6 Å². The molecule has 1 heterocycles. The van der Waals surface area contributed by atoms with E-state index in [0.29, 0.717) is 18.8 Å². The van der Waals surface area contributed by atoms with Gasteiger partial charge in [0.25, 0.3) is 0 Å². The first kappa shape index (κ1) is 31.5. The molecule has 2 fully saturated rings. The monoisotopic (exact) mass is 578 g/mol. The van der Waals surface area contributed by atoms with E-state index >= 15 is 0 Å². The Morgan fingerprint density at radius 3 is 2.46 bits per heavy atom. The van der Waals surface area contributed by atoms with Crippen LogP contribution in [0.25, 0.3) is 0 Å². The quantitative estimate of drug-likeness (QED) is 0.233. The molecule has 0 aromatic heterocycles. The van der Waals surface area contributed by atoms with Crippen molar-refractivity contribution >= 4 is 18.2 Å². The Labute approximate surface area is 241 Å². The topological polar surface area (TPSA) is 63.6 Å². The van der Waals surface area contributed by atoms with Crippen molar-refractivity contribution in [2.45, 2.75) is 148 Å². The lowest BCUT2D eigenvalue weighted by Crippen LogP contribution is -2.46. The highest BCUT2D eigenvalue weighted by Gasteiger charge is 2.52. The first-order valence-electron chi connectivity index (χ1n) is 16.0. The molecule has 0 spiro atoms. The van der Waals surface area contributed by atoms with Crippen molar-refractivity contribution in [1.29, 1.82) is 0 Å². The number of allylic oxidation sites excluding steroid dienone is 1. The first-order valence-corrected chi connectivity index (χ1v) is 20.6. The van der Waals surface area contributed by atoms with E-state index in [1.165, 1.54) is 44.1 Å². The van der Waals surface area contributed by atoms with Gasteiger partial charge in [-0.05, 0) is 96.9 Å². The van der Waals surface area contributed by atoms with Gasteiger partial charge in [0.2, 0.25) is 0 Å². The summed E-state index contributed by atoms with van der Waals surface area (Å²) in [5.74, 6) is 2.74. The number of aliphatic hydroxyl groups is 1. The van der Waals surface area contributed by atoms with Crippen LogP contribution < -0.4 is 0 Å². The average Bonchev–Trinajstić information content (AvgIpc) is 3.27. The van der Waals surface area contributed by atoms with Crippen molar-refractivity contribution in [2.24, 2.45) is 29.1 Å². The number of sulfone groups is 1. The summed E-state index contributed by atoms with van der Waals surface area (Å²) < 4.78 is 33.9. The van der Waals surface area contributed by atoms with Crippen LogP contribution in [0.5, 0.6) is 0 Å². The number of rotatable bonds is 8. The second-order valence-electron chi connectivity index (χ2n) is 15.9. The summed E-state index contributed by atoms with van der Waals surface area (Å²) in [6.45, 7) is 20.8. The Hall–Kier alpha value is -0.433. The molecule has 0 aromatic rings. The van der Waals surface area contributed by atoms with Gasteiger partial charge >= 0.3 is 0 Å². The molecule has 0 amide bonds. The predicted octanol–water partition coefficient (Wildman–Crippen LogP) is 8.23. The lowest BCUT2D eigenvalue weighted by atomic mass is 9.60. The van der Waals surface area contributed by atoms with E-state index in [4.69, 9.17) is 4.43 Å². The molecule has 0 aromatic carbocycles. The fourth-order valence-electron chi connectivity index (χ4n) is 8.42. The van der Waals surface area contributed by atoms with E-state index in [0.717, 1.165) is 41.7 Å². The molecule has 0 radical (unpaired) electrons. The zero-order chi connectivity index (χ0) is 29.0. The number of hydrogen-bond donors (Lipinski definition) is 1. The largest absolute Gasteiger partial charge is 0.414 e. The van der Waals surface area contributed by atoms with Gasteiger partial charge in [0.05, 0.1) is 18.0 Å². The Bertz CT molecular complexity index is 1070. The van der Waals surface area contributed by atoms with Crippen LogP contribution in [0.4, 0.5) is 0 Å². The minimum absolute atomic E-state index is 0.0161. The van der Waals surface area contributed by atoms with Crippen LogP contribution in [-0.4, -0.2) is 45.1 Å². The van der Waals surface area contributed by atoms with Crippen molar-refractivity contribution in [3.05, 3.63) is 22.8 Å². The third-order valence-corrected chi connectivity index (χ3v) is 18.1. The van der Waals surface area contributed by atoms with E-state index in [9.17, 15) is 13.5 Å². The molecule has 4 aliphatic rings. The molecular weight excluding hydrogens is 521 g/mol. The number of hydrogen-bond acceptors (Lipinski definition) is 4. The van der Waals surface area contributed by atoms with Gasteiger partial charge in [-0.15, -0.1) is 0 Å². The molecule has 7 atom stereocenters. The Kier molecular flexibility index (Phi) is 9.16. The third kappa shape index (κ3) is 6.34. The van der Waals surface area contributed by atoms with Gasteiger partial charge in [0.1, 0.15) is 5.25 Å². The maximum absolute atomic E-state index is 13.6. The zero-order valence-corrected chi connectivity index (χ0v) is 28.3. The number of fused-ring (bicyclic) bond motifs is 1. The SMILES string of the molecule is CC(C)CCC[C@@H](C)[C@H]1CC[C@H]2/C(=C/[C@@H]3C4=C(CS3(=O)=O)[C@H](O)C[C@H](O[Si](C)(C)C(C)(C)C)C4)CCC[C@]12C. The highest BCUT2D eigenvalue weighted by molar-refractivity contribution is 7.92. The van der Waals surface area contributed by atoms with Gasteiger partial charge in [-0.3, -0.25) is 0 Å². The summed E-state index contributed by atoms with van der Waals surface area (Å²) in [4.78, 5) is 0. The summed E-state index contributed by atoms with van der Waals surface area (Å²) in [6, 6.07) is 0. The van der Waals surface area contributed by atoms with Gasteiger partial charge in [-0.25, -0.2) is 8.42 Å². The van der Waals surface area contributed by atoms with E-state index in [1.807, 2.05) is 0 Å². The molecule has 0 bridgehead atoms. The maximum Gasteiger partial charge on any atom is 0.192 e. The summed E-state index contributed by atoms with van der Waals surface area (Å²) in [7, 11) is -5.38. The first-order chi connectivity index (χ1) is 18.0. The molecule has 6 heteroatoms. The summed E-state index contributed by atoms with van der Waals surface area (Å²) in [5.41, 5.74) is 3.40. The van der Waals surface area contributed by atoms with E-state index in [-0.39, 0.29) is 22.3 Å². The van der Waals surface area contributed by atoms with Crippen LogP contribution >= 0.6 is 0 Å². The van der Waals surface area contributed by atoms with Crippen molar-refractivity contribution in [1.82, 2.24) is 0 Å². The van der Waals surface area contributed by atoms with Crippen molar-refractivity contribution in [3.63, 3.8) is 0 Å². The van der Waals surface area contributed by atoms with Crippen LogP contribution in [0.3, 0.4) is 0 Å². The molecule has 224 valence electrons. The van der Waals surface area contributed by atoms with Gasteiger partial charge < -0.3 is 9.53 Å². The Morgan fingerprint density at radius 2 is 1.82 bits per heavy atom.